The average Bonchev–Trinajstić information content (AvgIpc) is 2.55. The van der Waals surface area contributed by atoms with Crippen molar-refractivity contribution in [3.8, 4) is 0 Å². The molecule has 0 unspecified atom stereocenters. The Bertz CT molecular complexity index is 828. The van der Waals surface area contributed by atoms with Crippen LogP contribution in [0.15, 0.2) is 42.5 Å². The Labute approximate surface area is 163 Å². The van der Waals surface area contributed by atoms with E-state index in [0.717, 1.165) is 23.8 Å². The van der Waals surface area contributed by atoms with E-state index in [1.807, 2.05) is 0 Å². The summed E-state index contributed by atoms with van der Waals surface area (Å²) in [5.41, 5.74) is -0.112. The fraction of sp³-hybridized carbons (Fsp3) is 0.176. The minimum absolute atomic E-state index is 0.0436. The van der Waals surface area contributed by atoms with Gasteiger partial charge in [0.05, 0.1) is 16.3 Å². The monoisotopic (exact) mass is 420 g/mol. The Balaban J connectivity index is 1.94. The molecule has 0 spiro atoms. The molecule has 138 valence electrons. The van der Waals surface area contributed by atoms with Gasteiger partial charge in [-0.1, -0.05) is 41.4 Å². The lowest BCUT2D eigenvalue weighted by Gasteiger charge is -2.13. The van der Waals surface area contributed by atoms with Crippen molar-refractivity contribution in [1.29, 1.82) is 0 Å². The van der Waals surface area contributed by atoms with Crippen molar-refractivity contribution in [2.75, 3.05) is 5.32 Å². The third-order valence-corrected chi connectivity index (χ3v) is 4.28. The zero-order valence-corrected chi connectivity index (χ0v) is 15.5. The van der Waals surface area contributed by atoms with E-state index in [4.69, 9.17) is 35.4 Å². The van der Waals surface area contributed by atoms with Crippen LogP contribution in [0.3, 0.4) is 0 Å². The quantitative estimate of drug-likeness (QED) is 0.645. The van der Waals surface area contributed by atoms with Crippen LogP contribution in [0.2, 0.25) is 10.0 Å². The molecular formula is C17H13Cl2F3N2OS. The summed E-state index contributed by atoms with van der Waals surface area (Å²) in [5, 5.41) is 5.36. The van der Waals surface area contributed by atoms with Crippen molar-refractivity contribution in [2.24, 2.45) is 0 Å². The molecular weight excluding hydrogens is 408 g/mol. The Morgan fingerprint density at radius 1 is 1.08 bits per heavy atom. The fourth-order valence-corrected chi connectivity index (χ4v) is 2.71. The maximum Gasteiger partial charge on any atom is 0.416 e. The van der Waals surface area contributed by atoms with Crippen molar-refractivity contribution < 1.29 is 18.0 Å². The second-order valence-corrected chi connectivity index (χ2v) is 6.51. The molecule has 2 aromatic rings. The third-order valence-electron chi connectivity index (χ3n) is 3.37. The second-order valence-electron chi connectivity index (χ2n) is 5.29. The molecule has 0 fully saturated rings. The topological polar surface area (TPSA) is 41.1 Å². The molecule has 0 saturated carbocycles. The van der Waals surface area contributed by atoms with Crippen LogP contribution in [-0.2, 0) is 17.4 Å². The Hall–Kier alpha value is -1.83. The van der Waals surface area contributed by atoms with Gasteiger partial charge in [-0.2, -0.15) is 13.2 Å². The van der Waals surface area contributed by atoms with E-state index >= 15 is 0 Å². The number of hydrogen-bond acceptors (Lipinski definition) is 2. The first-order valence-electron chi connectivity index (χ1n) is 7.38. The summed E-state index contributed by atoms with van der Waals surface area (Å²) in [6.07, 6.45) is -4.00. The lowest BCUT2D eigenvalue weighted by molar-refractivity contribution is -0.137. The number of halogens is 5. The number of hydrogen-bond donors (Lipinski definition) is 2. The Kier molecular flexibility index (Phi) is 6.86. The van der Waals surface area contributed by atoms with Crippen molar-refractivity contribution in [3.63, 3.8) is 0 Å². The van der Waals surface area contributed by atoms with Crippen LogP contribution >= 0.6 is 35.4 Å². The minimum atomic E-state index is -4.51. The number of benzene rings is 2. The highest BCUT2D eigenvalue weighted by atomic mass is 35.5. The summed E-state index contributed by atoms with van der Waals surface area (Å²) in [6, 6.07) is 9.90. The highest BCUT2D eigenvalue weighted by molar-refractivity contribution is 7.80. The van der Waals surface area contributed by atoms with Gasteiger partial charge in [-0.3, -0.25) is 4.79 Å². The molecule has 1 amide bonds. The summed E-state index contributed by atoms with van der Waals surface area (Å²) >= 11 is 16.8. The van der Waals surface area contributed by atoms with Crippen LogP contribution in [0.5, 0.6) is 0 Å². The summed E-state index contributed by atoms with van der Waals surface area (Å²) in [6.45, 7) is 0. The average molecular weight is 421 g/mol. The molecule has 2 aromatic carbocycles. The van der Waals surface area contributed by atoms with Crippen LogP contribution in [0.1, 0.15) is 17.5 Å². The van der Waals surface area contributed by atoms with Crippen LogP contribution in [0.4, 0.5) is 18.9 Å². The standard InChI is InChI=1S/C17H13Cl2F3N2OS/c18-12-4-2-1-3-10(12)5-8-15(25)24-16(26)23-14-9-11(17(20,21)22)6-7-13(14)19/h1-4,6-7,9H,5,8H2,(H2,23,24,25,26). The number of thiocarbonyl (C=S) groups is 1. The molecule has 2 N–H and O–H groups in total. The SMILES string of the molecule is O=C(CCc1ccccc1Cl)NC(=S)Nc1cc(C(F)(F)F)ccc1Cl. The van der Waals surface area contributed by atoms with Gasteiger partial charge in [-0.15, -0.1) is 0 Å². The molecule has 0 aliphatic heterocycles. The summed E-state index contributed by atoms with van der Waals surface area (Å²) in [4.78, 5) is 11.9. The van der Waals surface area contributed by atoms with Crippen molar-refractivity contribution in [3.05, 3.63) is 63.6 Å². The largest absolute Gasteiger partial charge is 0.416 e. The molecule has 9 heteroatoms. The molecule has 3 nitrogen and oxygen atoms in total. The molecule has 0 radical (unpaired) electrons. The van der Waals surface area contributed by atoms with Crippen molar-refractivity contribution in [1.82, 2.24) is 5.32 Å². The number of rotatable bonds is 4. The van der Waals surface area contributed by atoms with E-state index in [0.29, 0.717) is 11.4 Å². The molecule has 0 heterocycles. The van der Waals surface area contributed by atoms with Gasteiger partial charge < -0.3 is 10.6 Å². The number of anilines is 1. The van der Waals surface area contributed by atoms with Gasteiger partial charge in [-0.05, 0) is 48.5 Å². The van der Waals surface area contributed by atoms with Gasteiger partial charge in [0.15, 0.2) is 5.11 Å². The summed E-state index contributed by atoms with van der Waals surface area (Å²) < 4.78 is 38.3. The third kappa shape index (κ3) is 5.86. The summed E-state index contributed by atoms with van der Waals surface area (Å²) in [7, 11) is 0. The fourth-order valence-electron chi connectivity index (χ4n) is 2.09. The highest BCUT2D eigenvalue weighted by Gasteiger charge is 2.31. The molecule has 0 saturated heterocycles. The Morgan fingerprint density at radius 2 is 1.77 bits per heavy atom. The smallest absolute Gasteiger partial charge is 0.331 e. The van der Waals surface area contributed by atoms with Gasteiger partial charge >= 0.3 is 6.18 Å². The van der Waals surface area contributed by atoms with Crippen LogP contribution < -0.4 is 10.6 Å². The predicted molar refractivity (Wildman–Crippen MR) is 101 cm³/mol. The van der Waals surface area contributed by atoms with Gasteiger partial charge in [0, 0.05) is 11.4 Å². The normalized spacial score (nSPS) is 11.1. The molecule has 0 atom stereocenters. The molecule has 0 aliphatic rings. The van der Waals surface area contributed by atoms with E-state index in [9.17, 15) is 18.0 Å². The Morgan fingerprint density at radius 3 is 2.42 bits per heavy atom. The van der Waals surface area contributed by atoms with E-state index in [-0.39, 0.29) is 22.2 Å². The van der Waals surface area contributed by atoms with Crippen LogP contribution in [-0.4, -0.2) is 11.0 Å². The number of carbonyl (C=O) groups excluding carboxylic acids is 1. The lowest BCUT2D eigenvalue weighted by Crippen LogP contribution is -2.34. The van der Waals surface area contributed by atoms with Gasteiger partial charge in [0.2, 0.25) is 5.91 Å². The molecule has 26 heavy (non-hydrogen) atoms. The molecule has 0 bridgehead atoms. The first-order chi connectivity index (χ1) is 12.2. The van der Waals surface area contributed by atoms with Crippen molar-refractivity contribution >= 4 is 52.1 Å². The number of alkyl halides is 3. The molecule has 0 aromatic heterocycles. The zero-order valence-electron chi connectivity index (χ0n) is 13.2. The summed E-state index contributed by atoms with van der Waals surface area (Å²) in [5.74, 6) is -0.398. The van der Waals surface area contributed by atoms with Gasteiger partial charge in [-0.25, -0.2) is 0 Å². The van der Waals surface area contributed by atoms with E-state index in [1.165, 1.54) is 0 Å². The van der Waals surface area contributed by atoms with Crippen molar-refractivity contribution in [2.45, 2.75) is 19.0 Å². The first-order valence-corrected chi connectivity index (χ1v) is 8.54. The van der Waals surface area contributed by atoms with Gasteiger partial charge in [0.1, 0.15) is 0 Å². The minimum Gasteiger partial charge on any atom is -0.331 e. The van der Waals surface area contributed by atoms with E-state index < -0.39 is 17.6 Å². The first kappa shape index (κ1) is 20.5. The highest BCUT2D eigenvalue weighted by Crippen LogP contribution is 2.33. The van der Waals surface area contributed by atoms with E-state index in [1.54, 1.807) is 24.3 Å². The van der Waals surface area contributed by atoms with E-state index in [2.05, 4.69) is 10.6 Å². The predicted octanol–water partition coefficient (Wildman–Crippen LogP) is 5.46. The van der Waals surface area contributed by atoms with Crippen LogP contribution in [0.25, 0.3) is 0 Å². The molecule has 0 aliphatic carbocycles. The number of carbonyl (C=O) groups is 1. The zero-order chi connectivity index (χ0) is 19.3. The second kappa shape index (κ2) is 8.70. The number of amides is 1. The lowest BCUT2D eigenvalue weighted by atomic mass is 10.1. The van der Waals surface area contributed by atoms with Crippen LogP contribution in [0, 0.1) is 0 Å². The maximum absolute atomic E-state index is 12.8. The number of nitrogens with one attached hydrogen (secondary N) is 2. The number of aryl methyl sites for hydroxylation is 1. The molecule has 2 rings (SSSR count). The van der Waals surface area contributed by atoms with Gasteiger partial charge in [0.25, 0.3) is 0 Å². The maximum atomic E-state index is 12.8.